The number of rotatable bonds is 2. The van der Waals surface area contributed by atoms with Crippen molar-refractivity contribution in [2.75, 3.05) is 5.32 Å². The molecule has 2 aromatic carbocycles. The van der Waals surface area contributed by atoms with Crippen LogP contribution in [0.1, 0.15) is 47.9 Å². The van der Waals surface area contributed by atoms with Gasteiger partial charge in [0.25, 0.3) is 0 Å². The second-order valence-corrected chi connectivity index (χ2v) is 7.88. The molecule has 1 aromatic heterocycles. The molecular formula is C21H19BrN2. The highest BCUT2D eigenvalue weighted by Crippen LogP contribution is 2.48. The van der Waals surface area contributed by atoms with Crippen molar-refractivity contribution < 1.29 is 0 Å². The van der Waals surface area contributed by atoms with Crippen LogP contribution >= 0.6 is 15.9 Å². The fraction of sp³-hybridized carbons (Fsp3) is 0.286. The highest BCUT2D eigenvalue weighted by atomic mass is 79.9. The number of nitrogens with one attached hydrogen (secondary N) is 1. The Morgan fingerprint density at radius 2 is 2.08 bits per heavy atom. The van der Waals surface area contributed by atoms with Gasteiger partial charge in [-0.1, -0.05) is 40.2 Å². The van der Waals surface area contributed by atoms with Crippen molar-refractivity contribution in [2.24, 2.45) is 0 Å². The molecule has 120 valence electrons. The van der Waals surface area contributed by atoms with Gasteiger partial charge < -0.3 is 5.32 Å². The van der Waals surface area contributed by atoms with Crippen LogP contribution in [0.3, 0.4) is 0 Å². The lowest BCUT2D eigenvalue weighted by Crippen LogP contribution is -2.09. The number of halogens is 1. The summed E-state index contributed by atoms with van der Waals surface area (Å²) in [4.78, 5) is 4.64. The molecule has 2 aliphatic carbocycles. The molecular weight excluding hydrogens is 360 g/mol. The van der Waals surface area contributed by atoms with Gasteiger partial charge in [0.05, 0.1) is 6.04 Å². The van der Waals surface area contributed by atoms with Crippen LogP contribution < -0.4 is 5.32 Å². The van der Waals surface area contributed by atoms with Crippen LogP contribution in [0.5, 0.6) is 0 Å². The number of anilines is 1. The molecule has 0 saturated carbocycles. The van der Waals surface area contributed by atoms with Crippen molar-refractivity contribution in [3.05, 3.63) is 69.8 Å². The third-order valence-corrected chi connectivity index (χ3v) is 6.07. The second-order valence-electron chi connectivity index (χ2n) is 6.97. The first-order valence-electron chi connectivity index (χ1n) is 8.72. The molecule has 2 aliphatic rings. The fourth-order valence-corrected chi connectivity index (χ4v) is 4.90. The van der Waals surface area contributed by atoms with E-state index in [0.29, 0.717) is 6.04 Å². The number of nitrogens with zero attached hydrogens (tertiary/aromatic N) is 1. The third-order valence-electron chi connectivity index (χ3n) is 5.57. The number of aryl methyl sites for hydroxylation is 1. The molecule has 2 atom stereocenters. The lowest BCUT2D eigenvalue weighted by Gasteiger charge is -2.20. The van der Waals surface area contributed by atoms with Crippen LogP contribution in [0.2, 0.25) is 0 Å². The van der Waals surface area contributed by atoms with E-state index in [1.807, 2.05) is 6.20 Å². The summed E-state index contributed by atoms with van der Waals surface area (Å²) >= 11 is 3.59. The van der Waals surface area contributed by atoms with E-state index >= 15 is 0 Å². The predicted molar refractivity (Wildman–Crippen MR) is 103 cm³/mol. The Labute approximate surface area is 150 Å². The molecule has 1 heterocycles. The highest BCUT2D eigenvalue weighted by molar-refractivity contribution is 9.10. The van der Waals surface area contributed by atoms with Crippen molar-refractivity contribution in [1.29, 1.82) is 0 Å². The van der Waals surface area contributed by atoms with Gasteiger partial charge in [0.15, 0.2) is 0 Å². The first kappa shape index (κ1) is 14.5. The smallest absolute Gasteiger partial charge is 0.134 e. The van der Waals surface area contributed by atoms with Crippen LogP contribution in [0.4, 0.5) is 5.82 Å². The Hall–Kier alpha value is -1.87. The van der Waals surface area contributed by atoms with Gasteiger partial charge in [-0.3, -0.25) is 0 Å². The number of fused-ring (bicyclic) bond motifs is 1. The zero-order valence-corrected chi connectivity index (χ0v) is 15.0. The summed E-state index contributed by atoms with van der Waals surface area (Å²) in [6.45, 7) is 0. The number of benzene rings is 2. The molecule has 0 fully saturated rings. The Morgan fingerprint density at radius 1 is 1.12 bits per heavy atom. The Morgan fingerprint density at radius 3 is 3.04 bits per heavy atom. The quantitative estimate of drug-likeness (QED) is 0.593. The first-order valence-corrected chi connectivity index (χ1v) is 9.51. The molecule has 0 bridgehead atoms. The van der Waals surface area contributed by atoms with Crippen molar-refractivity contribution in [2.45, 2.75) is 37.6 Å². The number of hydrogen-bond donors (Lipinski definition) is 1. The summed E-state index contributed by atoms with van der Waals surface area (Å²) in [5.41, 5.74) is 4.69. The zero-order chi connectivity index (χ0) is 16.1. The zero-order valence-electron chi connectivity index (χ0n) is 13.4. The standard InChI is InChI=1S/C21H19BrN2/c22-16-8-7-13-9-10-23-21(18(13)12-16)24-19-11-15-5-1-3-14-4-2-6-17(19)20(14)15/h2,4,6-10,12,15,19H,1,3,5,11H2,(H,23,24). The van der Waals surface area contributed by atoms with E-state index in [4.69, 9.17) is 0 Å². The molecule has 0 radical (unpaired) electrons. The minimum atomic E-state index is 0.375. The molecule has 0 saturated heterocycles. The fourth-order valence-electron chi connectivity index (χ4n) is 4.54. The average molecular weight is 379 g/mol. The summed E-state index contributed by atoms with van der Waals surface area (Å²) < 4.78 is 1.09. The molecule has 2 unspecified atom stereocenters. The molecule has 24 heavy (non-hydrogen) atoms. The molecule has 0 amide bonds. The maximum Gasteiger partial charge on any atom is 0.134 e. The van der Waals surface area contributed by atoms with Crippen molar-refractivity contribution in [3.8, 4) is 0 Å². The molecule has 1 N–H and O–H groups in total. The minimum absolute atomic E-state index is 0.375. The van der Waals surface area contributed by atoms with Gasteiger partial charge in [-0.25, -0.2) is 4.98 Å². The molecule has 5 rings (SSSR count). The maximum absolute atomic E-state index is 4.64. The topological polar surface area (TPSA) is 24.9 Å². The van der Waals surface area contributed by atoms with Crippen molar-refractivity contribution >= 4 is 32.5 Å². The summed E-state index contributed by atoms with van der Waals surface area (Å²) in [5.74, 6) is 1.72. The number of hydrogen-bond acceptors (Lipinski definition) is 2. The largest absolute Gasteiger partial charge is 0.363 e. The lowest BCUT2D eigenvalue weighted by atomic mass is 9.84. The predicted octanol–water partition coefficient (Wildman–Crippen LogP) is 5.97. The molecule has 3 aromatic rings. The van der Waals surface area contributed by atoms with E-state index < -0.39 is 0 Å². The number of aromatic nitrogens is 1. The van der Waals surface area contributed by atoms with Gasteiger partial charge >= 0.3 is 0 Å². The minimum Gasteiger partial charge on any atom is -0.363 e. The van der Waals surface area contributed by atoms with E-state index in [-0.39, 0.29) is 0 Å². The van der Waals surface area contributed by atoms with E-state index in [0.717, 1.165) is 16.2 Å². The maximum atomic E-state index is 4.64. The average Bonchev–Trinajstić information content (AvgIpc) is 2.96. The van der Waals surface area contributed by atoms with E-state index in [1.54, 1.807) is 11.1 Å². The van der Waals surface area contributed by atoms with Crippen LogP contribution in [0, 0.1) is 0 Å². The SMILES string of the molecule is Brc1ccc2ccnc(NC3CC4CCCc5cccc3c54)c2c1. The molecule has 2 nitrogen and oxygen atoms in total. The summed E-state index contributed by atoms with van der Waals surface area (Å²) in [6.07, 6.45) is 6.99. The van der Waals surface area contributed by atoms with Gasteiger partial charge in [-0.05, 0) is 71.9 Å². The van der Waals surface area contributed by atoms with Gasteiger partial charge in [0.1, 0.15) is 5.82 Å². The summed E-state index contributed by atoms with van der Waals surface area (Å²) in [6, 6.07) is 15.7. The van der Waals surface area contributed by atoms with E-state index in [2.05, 4.69) is 68.7 Å². The molecule has 0 spiro atoms. The monoisotopic (exact) mass is 378 g/mol. The second kappa shape index (κ2) is 5.59. The Bertz CT molecular complexity index is 934. The summed E-state index contributed by atoms with van der Waals surface area (Å²) in [5, 5.41) is 6.16. The van der Waals surface area contributed by atoms with Gasteiger partial charge in [-0.15, -0.1) is 0 Å². The normalized spacial score (nSPS) is 21.7. The number of pyridine rings is 1. The van der Waals surface area contributed by atoms with Crippen molar-refractivity contribution in [3.63, 3.8) is 0 Å². The highest BCUT2D eigenvalue weighted by Gasteiger charge is 2.34. The van der Waals surface area contributed by atoms with Crippen LogP contribution in [-0.2, 0) is 6.42 Å². The molecule has 3 heteroatoms. The molecule has 0 aliphatic heterocycles. The van der Waals surface area contributed by atoms with Crippen LogP contribution in [-0.4, -0.2) is 4.98 Å². The first-order chi connectivity index (χ1) is 11.8. The lowest BCUT2D eigenvalue weighted by molar-refractivity contribution is 0.534. The van der Waals surface area contributed by atoms with Gasteiger partial charge in [-0.2, -0.15) is 0 Å². The third kappa shape index (κ3) is 2.26. The van der Waals surface area contributed by atoms with Gasteiger partial charge in [0, 0.05) is 16.1 Å². The van der Waals surface area contributed by atoms with E-state index in [1.165, 1.54) is 42.0 Å². The van der Waals surface area contributed by atoms with E-state index in [9.17, 15) is 0 Å². The Kier molecular flexibility index (Phi) is 3.37. The van der Waals surface area contributed by atoms with Crippen LogP contribution in [0.15, 0.2) is 53.1 Å². The Balaban J connectivity index is 1.57. The van der Waals surface area contributed by atoms with Crippen LogP contribution in [0.25, 0.3) is 10.8 Å². The summed E-state index contributed by atoms with van der Waals surface area (Å²) in [7, 11) is 0. The van der Waals surface area contributed by atoms with Crippen molar-refractivity contribution in [1.82, 2.24) is 4.98 Å². The van der Waals surface area contributed by atoms with Gasteiger partial charge in [0.2, 0.25) is 0 Å².